The van der Waals surface area contributed by atoms with Gasteiger partial charge in [-0.25, -0.2) is 0 Å². The number of aliphatic carboxylic acids is 1. The van der Waals surface area contributed by atoms with Crippen LogP contribution in [0, 0.1) is 19.3 Å². The lowest BCUT2D eigenvalue weighted by molar-refractivity contribution is -0.136. The molecule has 1 aliphatic rings. The fourth-order valence-corrected chi connectivity index (χ4v) is 4.62. The maximum atomic E-state index is 10.9. The van der Waals surface area contributed by atoms with Gasteiger partial charge in [-0.05, 0) is 80.7 Å². The van der Waals surface area contributed by atoms with Gasteiger partial charge in [0.2, 0.25) is 5.82 Å². The standard InChI is InChI=1S/C24H30N4O3/c1-6-28-19-13-24(4,5)10-9-18(19)21(26-28)22-25-23(31-27-22)16-11-14(2)17(15(3)12-16)7-8-20(29)30/h11-12H,6-10,13H2,1-5H3,(H,29,30). The second kappa shape index (κ2) is 7.94. The largest absolute Gasteiger partial charge is 0.481 e. The molecule has 0 fully saturated rings. The molecule has 0 spiro atoms. The summed E-state index contributed by atoms with van der Waals surface area (Å²) < 4.78 is 7.70. The van der Waals surface area contributed by atoms with Crippen molar-refractivity contribution in [2.75, 3.05) is 0 Å². The Morgan fingerprint density at radius 2 is 1.97 bits per heavy atom. The number of rotatable bonds is 6. The highest BCUT2D eigenvalue weighted by Gasteiger charge is 2.32. The van der Waals surface area contributed by atoms with Gasteiger partial charge in [-0.3, -0.25) is 9.48 Å². The van der Waals surface area contributed by atoms with E-state index in [0.717, 1.165) is 53.8 Å². The molecular formula is C24H30N4O3. The zero-order valence-electron chi connectivity index (χ0n) is 18.9. The summed E-state index contributed by atoms with van der Waals surface area (Å²) in [7, 11) is 0. The van der Waals surface area contributed by atoms with Crippen molar-refractivity contribution in [3.63, 3.8) is 0 Å². The molecule has 2 heterocycles. The van der Waals surface area contributed by atoms with E-state index >= 15 is 0 Å². The van der Waals surface area contributed by atoms with Gasteiger partial charge < -0.3 is 9.63 Å². The zero-order valence-corrected chi connectivity index (χ0v) is 18.9. The summed E-state index contributed by atoms with van der Waals surface area (Å²) in [5.41, 5.74) is 7.60. The summed E-state index contributed by atoms with van der Waals surface area (Å²) in [5, 5.41) is 18.1. The van der Waals surface area contributed by atoms with E-state index in [1.807, 2.05) is 26.0 Å². The lowest BCUT2D eigenvalue weighted by Gasteiger charge is -2.30. The predicted molar refractivity (Wildman–Crippen MR) is 118 cm³/mol. The van der Waals surface area contributed by atoms with Crippen molar-refractivity contribution >= 4 is 5.97 Å². The first-order valence-corrected chi connectivity index (χ1v) is 10.9. The molecule has 0 bridgehead atoms. The number of aromatic nitrogens is 4. The summed E-state index contributed by atoms with van der Waals surface area (Å²) >= 11 is 0. The molecule has 0 radical (unpaired) electrons. The number of hydrogen-bond acceptors (Lipinski definition) is 5. The zero-order chi connectivity index (χ0) is 22.3. The van der Waals surface area contributed by atoms with E-state index in [4.69, 9.17) is 14.7 Å². The third kappa shape index (κ3) is 4.13. The van der Waals surface area contributed by atoms with Gasteiger partial charge in [0, 0.05) is 29.8 Å². The minimum absolute atomic E-state index is 0.119. The van der Waals surface area contributed by atoms with Gasteiger partial charge in [-0.15, -0.1) is 0 Å². The quantitative estimate of drug-likeness (QED) is 0.615. The lowest BCUT2D eigenvalue weighted by Crippen LogP contribution is -2.24. The molecule has 1 aromatic carbocycles. The Balaban J connectivity index is 1.67. The molecule has 7 heteroatoms. The van der Waals surface area contributed by atoms with Crippen LogP contribution in [0.3, 0.4) is 0 Å². The van der Waals surface area contributed by atoms with E-state index < -0.39 is 5.97 Å². The fraction of sp³-hybridized carbons (Fsp3) is 0.500. The summed E-state index contributed by atoms with van der Waals surface area (Å²) in [6.45, 7) is 11.5. The molecule has 0 atom stereocenters. The Morgan fingerprint density at radius 3 is 2.61 bits per heavy atom. The third-order valence-corrected chi connectivity index (χ3v) is 6.33. The number of nitrogens with zero attached hydrogens (tertiary/aromatic N) is 4. The van der Waals surface area contributed by atoms with Crippen LogP contribution in [0.2, 0.25) is 0 Å². The van der Waals surface area contributed by atoms with Crippen LogP contribution in [-0.2, 0) is 30.6 Å². The molecule has 4 rings (SSSR count). The molecule has 1 N–H and O–H groups in total. The average Bonchev–Trinajstić information content (AvgIpc) is 3.30. The van der Waals surface area contributed by atoms with Crippen LogP contribution < -0.4 is 0 Å². The van der Waals surface area contributed by atoms with Crippen LogP contribution >= 0.6 is 0 Å². The number of benzene rings is 1. The van der Waals surface area contributed by atoms with Crippen molar-refractivity contribution in [3.05, 3.63) is 40.1 Å². The van der Waals surface area contributed by atoms with Gasteiger partial charge in [0.05, 0.1) is 0 Å². The number of hydrogen-bond donors (Lipinski definition) is 1. The van der Waals surface area contributed by atoms with E-state index in [0.29, 0.717) is 18.1 Å². The number of carbonyl (C=O) groups is 1. The highest BCUT2D eigenvalue weighted by Crippen LogP contribution is 2.38. The van der Waals surface area contributed by atoms with Gasteiger partial charge in [-0.2, -0.15) is 10.1 Å². The van der Waals surface area contributed by atoms with E-state index in [-0.39, 0.29) is 11.8 Å². The van der Waals surface area contributed by atoms with Crippen LogP contribution in [0.25, 0.3) is 23.0 Å². The second-order valence-electron chi connectivity index (χ2n) is 9.34. The Morgan fingerprint density at radius 1 is 1.26 bits per heavy atom. The summed E-state index contributed by atoms with van der Waals surface area (Å²) in [6, 6.07) is 3.98. The minimum atomic E-state index is -0.789. The average molecular weight is 423 g/mol. The first kappa shape index (κ1) is 21.3. The first-order chi connectivity index (χ1) is 14.7. The fourth-order valence-electron chi connectivity index (χ4n) is 4.62. The van der Waals surface area contributed by atoms with Gasteiger partial charge in [0.15, 0.2) is 0 Å². The normalized spacial score (nSPS) is 15.1. The number of carboxylic acid groups (broad SMARTS) is 1. The molecule has 0 aliphatic heterocycles. The first-order valence-electron chi connectivity index (χ1n) is 10.9. The van der Waals surface area contributed by atoms with Crippen molar-refractivity contribution in [1.29, 1.82) is 0 Å². The molecular weight excluding hydrogens is 392 g/mol. The molecule has 3 aromatic rings. The Hall–Kier alpha value is -2.96. The molecule has 1 aliphatic carbocycles. The van der Waals surface area contributed by atoms with Crippen LogP contribution in [0.1, 0.15) is 61.6 Å². The molecule has 0 unspecified atom stereocenters. The molecule has 0 saturated heterocycles. The third-order valence-electron chi connectivity index (χ3n) is 6.33. The maximum Gasteiger partial charge on any atom is 0.303 e. The number of fused-ring (bicyclic) bond motifs is 1. The topological polar surface area (TPSA) is 94.0 Å². The second-order valence-corrected chi connectivity index (χ2v) is 9.34. The van der Waals surface area contributed by atoms with Crippen molar-refractivity contribution in [2.45, 2.75) is 73.3 Å². The Labute approximate surface area is 182 Å². The Bertz CT molecular complexity index is 1120. The van der Waals surface area contributed by atoms with Crippen molar-refractivity contribution < 1.29 is 14.4 Å². The maximum absolute atomic E-state index is 10.9. The predicted octanol–water partition coefficient (Wildman–Crippen LogP) is 4.77. The number of aryl methyl sites for hydroxylation is 3. The smallest absolute Gasteiger partial charge is 0.303 e. The SMILES string of the molecule is CCn1nc(-c2noc(-c3cc(C)c(CCC(=O)O)c(C)c3)n2)c2c1CC(C)(C)CC2. The molecule has 0 amide bonds. The van der Waals surface area contributed by atoms with Crippen molar-refractivity contribution in [1.82, 2.24) is 19.9 Å². The van der Waals surface area contributed by atoms with Crippen LogP contribution in [0.5, 0.6) is 0 Å². The van der Waals surface area contributed by atoms with Crippen LogP contribution in [-0.4, -0.2) is 31.0 Å². The monoisotopic (exact) mass is 422 g/mol. The summed E-state index contributed by atoms with van der Waals surface area (Å²) in [5.74, 6) is 0.202. The van der Waals surface area contributed by atoms with Gasteiger partial charge in [0.1, 0.15) is 5.69 Å². The Kier molecular flexibility index (Phi) is 5.45. The summed E-state index contributed by atoms with van der Waals surface area (Å²) in [4.78, 5) is 15.6. The number of carboxylic acids is 1. The molecule has 2 aromatic heterocycles. The van der Waals surface area contributed by atoms with Gasteiger partial charge in [0.25, 0.3) is 5.89 Å². The van der Waals surface area contributed by atoms with Crippen molar-refractivity contribution in [2.24, 2.45) is 5.41 Å². The molecule has 164 valence electrons. The molecule has 31 heavy (non-hydrogen) atoms. The summed E-state index contributed by atoms with van der Waals surface area (Å²) in [6.07, 6.45) is 3.72. The van der Waals surface area contributed by atoms with Crippen LogP contribution in [0.15, 0.2) is 16.7 Å². The van der Waals surface area contributed by atoms with Gasteiger partial charge in [-0.1, -0.05) is 19.0 Å². The van der Waals surface area contributed by atoms with E-state index in [9.17, 15) is 4.79 Å². The lowest BCUT2D eigenvalue weighted by atomic mass is 9.76. The van der Waals surface area contributed by atoms with Gasteiger partial charge >= 0.3 is 5.97 Å². The highest BCUT2D eigenvalue weighted by molar-refractivity contribution is 5.68. The molecule has 7 nitrogen and oxygen atoms in total. The minimum Gasteiger partial charge on any atom is -0.481 e. The highest BCUT2D eigenvalue weighted by atomic mass is 16.5. The van der Waals surface area contributed by atoms with Crippen molar-refractivity contribution in [3.8, 4) is 23.0 Å². The van der Waals surface area contributed by atoms with E-state index in [1.165, 1.54) is 11.3 Å². The molecule has 0 saturated carbocycles. The van der Waals surface area contributed by atoms with E-state index in [2.05, 4.69) is 35.6 Å². The van der Waals surface area contributed by atoms with E-state index in [1.54, 1.807) is 0 Å². The van der Waals surface area contributed by atoms with Crippen LogP contribution in [0.4, 0.5) is 0 Å².